The molecule has 1 aliphatic rings. The first kappa shape index (κ1) is 20.0. The van der Waals surface area contributed by atoms with Crippen LogP contribution in [0.2, 0.25) is 0 Å². The van der Waals surface area contributed by atoms with E-state index in [-0.39, 0.29) is 11.9 Å². The lowest BCUT2D eigenvalue weighted by molar-refractivity contribution is 0.0942. The Kier molecular flexibility index (Phi) is 9.54. The molecule has 24 heavy (non-hydrogen) atoms. The molecule has 1 aromatic carbocycles. The van der Waals surface area contributed by atoms with Gasteiger partial charge in [0.05, 0.1) is 6.04 Å². The normalized spacial score (nSPS) is 13.8. The molecule has 3 nitrogen and oxygen atoms in total. The number of benzene rings is 1. The zero-order valence-corrected chi connectivity index (χ0v) is 15.1. The van der Waals surface area contributed by atoms with Crippen molar-refractivity contribution in [2.75, 3.05) is 5.75 Å². The second-order valence-corrected chi connectivity index (χ2v) is 6.08. The van der Waals surface area contributed by atoms with Crippen LogP contribution in [0.25, 0.3) is 0 Å². The topological polar surface area (TPSA) is 46.2 Å². The average molecular weight is 343 g/mol. The van der Waals surface area contributed by atoms with Gasteiger partial charge in [-0.25, -0.2) is 0 Å². The number of carbonyl (C=O) groups is 2. The summed E-state index contributed by atoms with van der Waals surface area (Å²) in [5.41, 5.74) is 0.796. The predicted octanol–water partition coefficient (Wildman–Crippen LogP) is 4.78. The molecule has 0 fully saturated rings. The van der Waals surface area contributed by atoms with Crippen LogP contribution in [0.1, 0.15) is 47.4 Å². The van der Waals surface area contributed by atoms with E-state index < -0.39 is 0 Å². The lowest BCUT2D eigenvalue weighted by Gasteiger charge is -2.16. The molecular weight excluding hydrogens is 318 g/mol. The molecule has 1 amide bonds. The number of rotatable bonds is 7. The van der Waals surface area contributed by atoms with Gasteiger partial charge in [0, 0.05) is 16.9 Å². The molecule has 0 aliphatic heterocycles. The van der Waals surface area contributed by atoms with Crippen molar-refractivity contribution in [3.05, 3.63) is 71.2 Å². The number of amides is 1. The van der Waals surface area contributed by atoms with Crippen molar-refractivity contribution in [3.8, 4) is 0 Å². The molecule has 2 rings (SSSR count). The third-order valence-electron chi connectivity index (χ3n) is 3.36. The van der Waals surface area contributed by atoms with Crippen LogP contribution in [0.15, 0.2) is 60.1 Å². The van der Waals surface area contributed by atoms with E-state index >= 15 is 0 Å². The van der Waals surface area contributed by atoms with E-state index in [0.717, 1.165) is 18.6 Å². The van der Waals surface area contributed by atoms with E-state index in [2.05, 4.69) is 30.1 Å². The molecule has 0 saturated heterocycles. The van der Waals surface area contributed by atoms with Gasteiger partial charge in [-0.2, -0.15) is 0 Å². The zero-order valence-electron chi connectivity index (χ0n) is 14.3. The largest absolute Gasteiger partial charge is 0.345 e. The Morgan fingerprint density at radius 3 is 2.75 bits per heavy atom. The van der Waals surface area contributed by atoms with Crippen LogP contribution in [0.5, 0.6) is 0 Å². The average Bonchev–Trinajstić information content (AvgIpc) is 2.67. The number of carbonyl (C=O) groups excluding carboxylic acids is 2. The van der Waals surface area contributed by atoms with E-state index in [9.17, 15) is 9.59 Å². The van der Waals surface area contributed by atoms with Crippen molar-refractivity contribution in [1.29, 1.82) is 0 Å². The summed E-state index contributed by atoms with van der Waals surface area (Å²) in [7, 11) is 0. The molecule has 1 N–H and O–H groups in total. The van der Waals surface area contributed by atoms with Gasteiger partial charge in [0.15, 0.2) is 6.29 Å². The maximum atomic E-state index is 12.3. The third-order valence-corrected chi connectivity index (χ3v) is 4.59. The van der Waals surface area contributed by atoms with Crippen molar-refractivity contribution < 1.29 is 9.59 Å². The molecule has 1 unspecified atom stereocenters. The number of nitrogens with one attached hydrogen (secondary N) is 1. The highest BCUT2D eigenvalue weighted by Crippen LogP contribution is 2.25. The minimum atomic E-state index is -0.245. The number of aldehydes is 1. The van der Waals surface area contributed by atoms with Crippen LogP contribution in [0.3, 0.4) is 0 Å². The first-order chi connectivity index (χ1) is 11.7. The summed E-state index contributed by atoms with van der Waals surface area (Å²) in [5, 5.41) is 2.92. The molecule has 0 aromatic heterocycles. The van der Waals surface area contributed by atoms with Gasteiger partial charge in [0.1, 0.15) is 0 Å². The maximum Gasteiger partial charge on any atom is 0.252 e. The lowest BCUT2D eigenvalue weighted by Crippen LogP contribution is -2.35. The van der Waals surface area contributed by atoms with E-state index in [1.165, 1.54) is 4.91 Å². The van der Waals surface area contributed by atoms with Crippen LogP contribution in [-0.4, -0.2) is 24.0 Å². The summed E-state index contributed by atoms with van der Waals surface area (Å²) in [6.07, 6.45) is 10.9. The summed E-state index contributed by atoms with van der Waals surface area (Å²) in [4.78, 5) is 24.6. The summed E-state index contributed by atoms with van der Waals surface area (Å²) in [6, 6.07) is 6.65. The van der Waals surface area contributed by atoms with E-state index in [1.807, 2.05) is 13.8 Å². The molecule has 1 atom stereocenters. The van der Waals surface area contributed by atoms with Gasteiger partial charge in [0.25, 0.3) is 5.91 Å². The first-order valence-corrected chi connectivity index (χ1v) is 9.19. The van der Waals surface area contributed by atoms with Gasteiger partial charge in [-0.05, 0) is 23.8 Å². The fraction of sp³-hybridized carbons (Fsp3) is 0.300. The minimum Gasteiger partial charge on any atom is -0.345 e. The van der Waals surface area contributed by atoms with Crippen LogP contribution < -0.4 is 5.32 Å². The van der Waals surface area contributed by atoms with Gasteiger partial charge in [-0.1, -0.05) is 56.4 Å². The highest BCUT2D eigenvalue weighted by atomic mass is 32.2. The Bertz CT molecular complexity index is 620. The monoisotopic (exact) mass is 343 g/mol. The highest BCUT2D eigenvalue weighted by molar-refractivity contribution is 8.03. The number of hydrogen-bond acceptors (Lipinski definition) is 3. The molecule has 4 heteroatoms. The van der Waals surface area contributed by atoms with Crippen molar-refractivity contribution in [3.63, 3.8) is 0 Å². The van der Waals surface area contributed by atoms with Gasteiger partial charge in [-0.3, -0.25) is 9.59 Å². The van der Waals surface area contributed by atoms with Crippen LogP contribution >= 0.6 is 11.8 Å². The van der Waals surface area contributed by atoms with Gasteiger partial charge in [0.2, 0.25) is 0 Å². The summed E-state index contributed by atoms with van der Waals surface area (Å²) >= 11 is 1.73. The molecular formula is C20H25NO2S. The Hall–Kier alpha value is -2.07. The van der Waals surface area contributed by atoms with Gasteiger partial charge < -0.3 is 5.32 Å². The minimum absolute atomic E-state index is 0.135. The van der Waals surface area contributed by atoms with Crippen LogP contribution in [0.4, 0.5) is 0 Å². The fourth-order valence-electron chi connectivity index (χ4n) is 2.12. The van der Waals surface area contributed by atoms with E-state index in [0.29, 0.717) is 17.4 Å². The zero-order chi connectivity index (χ0) is 17.8. The van der Waals surface area contributed by atoms with Gasteiger partial charge >= 0.3 is 0 Å². The Balaban J connectivity index is 0.00000139. The van der Waals surface area contributed by atoms with Crippen molar-refractivity contribution in [2.45, 2.75) is 32.7 Å². The summed E-state index contributed by atoms with van der Waals surface area (Å²) in [6.45, 7) is 7.78. The van der Waals surface area contributed by atoms with Crippen molar-refractivity contribution >= 4 is 24.0 Å². The molecule has 0 bridgehead atoms. The Labute approximate surface area is 148 Å². The molecule has 1 aromatic rings. The van der Waals surface area contributed by atoms with Crippen molar-refractivity contribution in [1.82, 2.24) is 5.32 Å². The van der Waals surface area contributed by atoms with E-state index in [4.69, 9.17) is 0 Å². The lowest BCUT2D eigenvalue weighted by atomic mass is 10.1. The summed E-state index contributed by atoms with van der Waals surface area (Å²) in [5.74, 6) is 0.490. The maximum absolute atomic E-state index is 12.3. The predicted molar refractivity (Wildman–Crippen MR) is 104 cm³/mol. The number of allylic oxidation sites excluding steroid dienone is 4. The Morgan fingerprint density at radius 2 is 2.12 bits per heavy atom. The Morgan fingerprint density at radius 1 is 1.38 bits per heavy atom. The van der Waals surface area contributed by atoms with Crippen LogP contribution in [0, 0.1) is 0 Å². The number of thioether (sulfide) groups is 1. The first-order valence-electron chi connectivity index (χ1n) is 8.20. The fourth-order valence-corrected chi connectivity index (χ4v) is 3.17. The molecule has 0 radical (unpaired) electrons. The van der Waals surface area contributed by atoms with Gasteiger partial charge in [-0.15, -0.1) is 18.3 Å². The standard InChI is InChI=1S/C18H19NO2S.C2H6/c1-2-15(13-22-16-9-4-3-5-10-16)19-18(21)17-11-7-6-8-14(17)12-20;1-2/h2-4,6-9,11-12,15H,1,5,10,13H2,(H,19,21);1-2H3. The van der Waals surface area contributed by atoms with Crippen molar-refractivity contribution in [2.24, 2.45) is 0 Å². The SMILES string of the molecule is C=CC(CSC1=CC=CCC1)NC(=O)c1ccccc1C=O.CC. The third kappa shape index (κ3) is 6.20. The smallest absolute Gasteiger partial charge is 0.252 e. The second-order valence-electron chi connectivity index (χ2n) is 4.93. The second kappa shape index (κ2) is 11.5. The quantitative estimate of drug-likeness (QED) is 0.572. The molecule has 1 aliphatic carbocycles. The molecule has 128 valence electrons. The number of hydrogen-bond donors (Lipinski definition) is 1. The van der Waals surface area contributed by atoms with E-state index in [1.54, 1.807) is 42.1 Å². The molecule has 0 saturated carbocycles. The summed E-state index contributed by atoms with van der Waals surface area (Å²) < 4.78 is 0. The molecule has 0 heterocycles. The molecule has 0 spiro atoms. The highest BCUT2D eigenvalue weighted by Gasteiger charge is 2.14. The van der Waals surface area contributed by atoms with Crippen LogP contribution in [-0.2, 0) is 0 Å².